The highest BCUT2D eigenvalue weighted by Gasteiger charge is 2.11. The molecule has 0 aliphatic carbocycles. The molecule has 0 saturated carbocycles. The molecule has 19 heavy (non-hydrogen) atoms. The van der Waals surface area contributed by atoms with Crippen LogP contribution >= 0.6 is 0 Å². The number of hydrogen-bond donors (Lipinski definition) is 3. The van der Waals surface area contributed by atoms with Gasteiger partial charge in [0, 0.05) is 11.3 Å². The van der Waals surface area contributed by atoms with Crippen LogP contribution in [0, 0.1) is 0 Å². The Balaban J connectivity index is 0.000000342. The standard InChI is InChI=1S/C6H6O2S.C5H10N2O3/c7-9(8)6-4-2-1-3-5-6;6-3(5(9)10)1-2-4(7)8/h1-5H,(H,7,8);3H,1-2,6H2,(H2,7,8)(H,9,10)/p-1. The van der Waals surface area contributed by atoms with E-state index in [0.717, 1.165) is 0 Å². The van der Waals surface area contributed by atoms with Crippen LogP contribution in [0.4, 0.5) is 0 Å². The van der Waals surface area contributed by atoms with Gasteiger partial charge in [0.05, 0.1) is 0 Å². The van der Waals surface area contributed by atoms with Crippen LogP contribution in [-0.2, 0) is 20.7 Å². The van der Waals surface area contributed by atoms with Crippen LogP contribution in [0.5, 0.6) is 0 Å². The zero-order chi connectivity index (χ0) is 14.8. The molecule has 0 aliphatic rings. The monoisotopic (exact) mass is 287 g/mol. The Morgan fingerprint density at radius 2 is 1.84 bits per heavy atom. The largest absolute Gasteiger partial charge is 0.768 e. The minimum atomic E-state index is -2.08. The lowest BCUT2D eigenvalue weighted by Crippen LogP contribution is -2.31. The lowest BCUT2D eigenvalue weighted by molar-refractivity contribution is -0.138. The molecule has 1 aromatic carbocycles. The SMILES string of the molecule is NC(=O)CCC(N)C(=O)O.O=S([O-])c1ccccc1. The van der Waals surface area contributed by atoms with Crippen molar-refractivity contribution in [3.63, 3.8) is 0 Å². The first-order chi connectivity index (χ1) is 8.84. The fraction of sp³-hybridized carbons (Fsp3) is 0.273. The van der Waals surface area contributed by atoms with Crippen molar-refractivity contribution in [1.82, 2.24) is 0 Å². The van der Waals surface area contributed by atoms with E-state index in [0.29, 0.717) is 4.90 Å². The van der Waals surface area contributed by atoms with Gasteiger partial charge in [0.15, 0.2) is 0 Å². The van der Waals surface area contributed by atoms with E-state index >= 15 is 0 Å². The van der Waals surface area contributed by atoms with Gasteiger partial charge in [-0.3, -0.25) is 13.8 Å². The van der Waals surface area contributed by atoms with Gasteiger partial charge in [-0.15, -0.1) is 0 Å². The molecule has 1 aromatic rings. The van der Waals surface area contributed by atoms with Crippen molar-refractivity contribution < 1.29 is 23.5 Å². The third kappa shape index (κ3) is 8.89. The Morgan fingerprint density at radius 3 is 2.16 bits per heavy atom. The van der Waals surface area contributed by atoms with E-state index in [1.54, 1.807) is 30.3 Å². The van der Waals surface area contributed by atoms with Crippen LogP contribution in [0.1, 0.15) is 12.8 Å². The molecular weight excluding hydrogens is 272 g/mol. The number of hydrogen-bond acceptors (Lipinski definition) is 5. The first-order valence-electron chi connectivity index (χ1n) is 5.25. The van der Waals surface area contributed by atoms with Gasteiger partial charge >= 0.3 is 5.97 Å². The van der Waals surface area contributed by atoms with Crippen LogP contribution < -0.4 is 11.5 Å². The molecule has 7 nitrogen and oxygen atoms in total. The van der Waals surface area contributed by atoms with Gasteiger partial charge in [-0.2, -0.15) is 0 Å². The normalized spacial score (nSPS) is 12.7. The average Bonchev–Trinajstić information content (AvgIpc) is 2.37. The highest BCUT2D eigenvalue weighted by molar-refractivity contribution is 7.79. The van der Waals surface area contributed by atoms with E-state index in [-0.39, 0.29) is 12.8 Å². The third-order valence-corrected chi connectivity index (χ3v) is 2.61. The number of carboxylic acids is 1. The summed E-state index contributed by atoms with van der Waals surface area (Å²) in [6.07, 6.45) is 0.123. The number of benzene rings is 1. The second kappa shape index (κ2) is 9.20. The maximum Gasteiger partial charge on any atom is 0.320 e. The van der Waals surface area contributed by atoms with E-state index in [2.05, 4.69) is 0 Å². The van der Waals surface area contributed by atoms with Gasteiger partial charge in [0.1, 0.15) is 6.04 Å². The van der Waals surface area contributed by atoms with E-state index < -0.39 is 29.0 Å². The Morgan fingerprint density at radius 1 is 1.32 bits per heavy atom. The highest BCUT2D eigenvalue weighted by atomic mass is 32.2. The maximum atomic E-state index is 10.2. The summed E-state index contributed by atoms with van der Waals surface area (Å²) in [4.78, 5) is 20.5. The number of primary amides is 1. The molecule has 106 valence electrons. The molecule has 0 saturated heterocycles. The second-order valence-corrected chi connectivity index (χ2v) is 4.44. The molecule has 1 rings (SSSR count). The summed E-state index contributed by atoms with van der Waals surface area (Å²) in [5, 5.41) is 8.22. The zero-order valence-electron chi connectivity index (χ0n) is 10.0. The van der Waals surface area contributed by atoms with E-state index in [9.17, 15) is 18.4 Å². The maximum absolute atomic E-state index is 10.2. The molecule has 5 N–H and O–H groups in total. The molecule has 0 fully saturated rings. The van der Waals surface area contributed by atoms with Crippen molar-refractivity contribution >= 4 is 23.0 Å². The third-order valence-electron chi connectivity index (χ3n) is 1.95. The number of carbonyl (C=O) groups is 2. The molecule has 0 heterocycles. The summed E-state index contributed by atoms with van der Waals surface area (Å²) < 4.78 is 20.4. The molecule has 1 amide bonds. The lowest BCUT2D eigenvalue weighted by Gasteiger charge is -2.01. The predicted molar refractivity (Wildman–Crippen MR) is 67.7 cm³/mol. The molecule has 2 unspecified atom stereocenters. The predicted octanol–water partition coefficient (Wildman–Crippen LogP) is -0.412. The van der Waals surface area contributed by atoms with Crippen molar-refractivity contribution in [2.24, 2.45) is 11.5 Å². The number of rotatable bonds is 5. The first-order valence-corrected chi connectivity index (χ1v) is 6.33. The van der Waals surface area contributed by atoms with Crippen LogP contribution in [0.2, 0.25) is 0 Å². The van der Waals surface area contributed by atoms with Gasteiger partial charge < -0.3 is 21.1 Å². The average molecular weight is 287 g/mol. The Bertz CT molecular complexity index is 438. The summed E-state index contributed by atoms with van der Waals surface area (Å²) in [7, 11) is 0. The fourth-order valence-corrected chi connectivity index (χ4v) is 1.33. The second-order valence-electron chi connectivity index (χ2n) is 3.50. The van der Waals surface area contributed by atoms with Crippen LogP contribution in [0.15, 0.2) is 35.2 Å². The summed E-state index contributed by atoms with van der Waals surface area (Å²) in [5.74, 6) is -1.64. The topological polar surface area (TPSA) is 147 Å². The molecule has 2 atom stereocenters. The smallest absolute Gasteiger partial charge is 0.320 e. The quantitative estimate of drug-likeness (QED) is 0.627. The van der Waals surface area contributed by atoms with E-state index in [1.807, 2.05) is 0 Å². The zero-order valence-corrected chi connectivity index (χ0v) is 10.8. The van der Waals surface area contributed by atoms with Gasteiger partial charge in [-0.25, -0.2) is 0 Å². The van der Waals surface area contributed by atoms with E-state index in [1.165, 1.54) is 0 Å². The Hall–Kier alpha value is -1.77. The van der Waals surface area contributed by atoms with Crippen LogP contribution in [0.3, 0.4) is 0 Å². The number of amides is 1. The highest BCUT2D eigenvalue weighted by Crippen LogP contribution is 2.00. The summed E-state index contributed by atoms with van der Waals surface area (Å²) in [5.41, 5.74) is 9.81. The summed E-state index contributed by atoms with van der Waals surface area (Å²) in [6, 6.07) is 7.26. The summed E-state index contributed by atoms with van der Waals surface area (Å²) in [6.45, 7) is 0. The number of carboxylic acid groups (broad SMARTS) is 1. The van der Waals surface area contributed by atoms with Gasteiger partial charge in [-0.05, 0) is 29.6 Å². The Labute approximate surface area is 112 Å². The molecule has 0 aliphatic heterocycles. The van der Waals surface area contributed by atoms with Crippen molar-refractivity contribution in [3.05, 3.63) is 30.3 Å². The van der Waals surface area contributed by atoms with Crippen molar-refractivity contribution in [2.45, 2.75) is 23.8 Å². The fourth-order valence-electron chi connectivity index (χ4n) is 0.953. The number of carbonyl (C=O) groups excluding carboxylic acids is 1. The van der Waals surface area contributed by atoms with Crippen molar-refractivity contribution in [3.8, 4) is 0 Å². The van der Waals surface area contributed by atoms with Gasteiger partial charge in [-0.1, -0.05) is 18.2 Å². The summed E-state index contributed by atoms with van der Waals surface area (Å²) >= 11 is -2.08. The van der Waals surface area contributed by atoms with Crippen molar-refractivity contribution in [1.29, 1.82) is 0 Å². The van der Waals surface area contributed by atoms with Gasteiger partial charge in [0.2, 0.25) is 5.91 Å². The molecule has 0 radical (unpaired) electrons. The molecular formula is C11H15N2O5S-. The molecule has 0 spiro atoms. The lowest BCUT2D eigenvalue weighted by atomic mass is 10.2. The van der Waals surface area contributed by atoms with Gasteiger partial charge in [0.25, 0.3) is 0 Å². The Kier molecular flexibility index (Phi) is 8.34. The molecule has 0 aromatic heterocycles. The minimum Gasteiger partial charge on any atom is -0.768 e. The van der Waals surface area contributed by atoms with Crippen LogP contribution in [0.25, 0.3) is 0 Å². The van der Waals surface area contributed by atoms with E-state index in [4.69, 9.17) is 16.6 Å². The van der Waals surface area contributed by atoms with Crippen LogP contribution in [-0.4, -0.2) is 31.8 Å². The number of nitrogens with two attached hydrogens (primary N) is 2. The minimum absolute atomic E-state index is 0.0213. The number of aliphatic carboxylic acids is 1. The van der Waals surface area contributed by atoms with Crippen molar-refractivity contribution in [2.75, 3.05) is 0 Å². The molecule has 0 bridgehead atoms. The first kappa shape index (κ1) is 17.2. The molecule has 8 heteroatoms.